The molecule has 1 fully saturated rings. The lowest BCUT2D eigenvalue weighted by Crippen LogP contribution is -2.42. The summed E-state index contributed by atoms with van der Waals surface area (Å²) in [7, 11) is 3.24. The van der Waals surface area contributed by atoms with Crippen molar-refractivity contribution in [3.05, 3.63) is 29.7 Å². The highest BCUT2D eigenvalue weighted by Crippen LogP contribution is 2.31. The minimum Gasteiger partial charge on any atom is -0.493 e. The van der Waals surface area contributed by atoms with Crippen molar-refractivity contribution in [2.24, 2.45) is 0 Å². The molecule has 0 spiro atoms. The molecule has 1 aliphatic rings. The van der Waals surface area contributed by atoms with Gasteiger partial charge in [-0.2, -0.15) is 4.98 Å². The van der Waals surface area contributed by atoms with Crippen LogP contribution in [0, 0.1) is 6.92 Å². The highest BCUT2D eigenvalue weighted by atomic mass is 16.5. The maximum atomic E-state index is 5.94. The standard InChI is InChI=1S/C16H22N4O4/c1-10-7-20(9-14(23-10)16-18-11(2)19-24-16)8-12-15(22-4)13(21-3)5-6-17-12/h5-6,10,14H,7-9H2,1-4H3/t10-,14-/m1/s1. The number of nitrogens with zero attached hydrogens (tertiary/aromatic N) is 4. The van der Waals surface area contributed by atoms with Gasteiger partial charge in [0.15, 0.2) is 17.3 Å². The van der Waals surface area contributed by atoms with Crippen LogP contribution in [-0.4, -0.2) is 53.4 Å². The van der Waals surface area contributed by atoms with Gasteiger partial charge in [-0.3, -0.25) is 9.88 Å². The summed E-state index contributed by atoms with van der Waals surface area (Å²) in [6, 6.07) is 1.79. The minimum atomic E-state index is -0.244. The fraction of sp³-hybridized carbons (Fsp3) is 0.562. The zero-order valence-electron chi connectivity index (χ0n) is 14.4. The van der Waals surface area contributed by atoms with Gasteiger partial charge < -0.3 is 18.7 Å². The zero-order valence-corrected chi connectivity index (χ0v) is 14.4. The molecule has 0 saturated carbocycles. The summed E-state index contributed by atoms with van der Waals surface area (Å²) >= 11 is 0. The molecule has 2 atom stereocenters. The van der Waals surface area contributed by atoms with Crippen LogP contribution in [0.4, 0.5) is 0 Å². The van der Waals surface area contributed by atoms with Crippen molar-refractivity contribution in [2.45, 2.75) is 32.6 Å². The lowest BCUT2D eigenvalue weighted by Gasteiger charge is -2.35. The van der Waals surface area contributed by atoms with Crippen LogP contribution in [0.25, 0.3) is 0 Å². The summed E-state index contributed by atoms with van der Waals surface area (Å²) < 4.78 is 22.0. The highest BCUT2D eigenvalue weighted by molar-refractivity contribution is 5.42. The van der Waals surface area contributed by atoms with Gasteiger partial charge in [-0.25, -0.2) is 0 Å². The molecule has 8 heteroatoms. The van der Waals surface area contributed by atoms with Gasteiger partial charge in [0.25, 0.3) is 5.89 Å². The predicted octanol–water partition coefficient (Wildman–Crippen LogP) is 1.75. The third-order valence-electron chi connectivity index (χ3n) is 3.89. The molecule has 8 nitrogen and oxygen atoms in total. The summed E-state index contributed by atoms with van der Waals surface area (Å²) in [6.07, 6.45) is 1.53. The van der Waals surface area contributed by atoms with E-state index in [1.165, 1.54) is 0 Å². The SMILES string of the molecule is COc1ccnc(CN2C[C@@H](C)O[C@@H](c3nc(C)no3)C2)c1OC. The summed E-state index contributed by atoms with van der Waals surface area (Å²) in [5.74, 6) is 2.45. The fourth-order valence-corrected chi connectivity index (χ4v) is 2.92. The van der Waals surface area contributed by atoms with Gasteiger partial charge in [-0.1, -0.05) is 5.16 Å². The molecule has 2 aromatic heterocycles. The monoisotopic (exact) mass is 334 g/mol. The van der Waals surface area contributed by atoms with Crippen molar-refractivity contribution in [3.8, 4) is 11.5 Å². The highest BCUT2D eigenvalue weighted by Gasteiger charge is 2.31. The molecule has 130 valence electrons. The first-order valence-electron chi connectivity index (χ1n) is 7.84. The minimum absolute atomic E-state index is 0.0487. The third kappa shape index (κ3) is 3.49. The van der Waals surface area contributed by atoms with E-state index >= 15 is 0 Å². The van der Waals surface area contributed by atoms with Crippen LogP contribution in [0.15, 0.2) is 16.8 Å². The summed E-state index contributed by atoms with van der Waals surface area (Å²) in [6.45, 7) is 5.87. The van der Waals surface area contributed by atoms with E-state index in [-0.39, 0.29) is 12.2 Å². The Morgan fingerprint density at radius 1 is 1.29 bits per heavy atom. The van der Waals surface area contributed by atoms with Crippen LogP contribution in [0.1, 0.15) is 30.4 Å². The zero-order chi connectivity index (χ0) is 17.1. The maximum absolute atomic E-state index is 5.94. The van der Waals surface area contributed by atoms with Crippen molar-refractivity contribution in [2.75, 3.05) is 27.3 Å². The van der Waals surface area contributed by atoms with E-state index in [1.54, 1.807) is 33.4 Å². The Labute approximate surface area is 140 Å². The van der Waals surface area contributed by atoms with E-state index in [1.807, 2.05) is 6.92 Å². The van der Waals surface area contributed by atoms with Crippen LogP contribution >= 0.6 is 0 Å². The second-order valence-corrected chi connectivity index (χ2v) is 5.80. The molecule has 0 amide bonds. The quantitative estimate of drug-likeness (QED) is 0.818. The van der Waals surface area contributed by atoms with Crippen molar-refractivity contribution in [1.82, 2.24) is 20.0 Å². The van der Waals surface area contributed by atoms with Crippen molar-refractivity contribution in [3.63, 3.8) is 0 Å². The molecule has 2 aromatic rings. The number of rotatable bonds is 5. The first kappa shape index (κ1) is 16.7. The van der Waals surface area contributed by atoms with E-state index in [0.29, 0.717) is 36.3 Å². The number of aryl methyl sites for hydroxylation is 1. The molecule has 0 aliphatic carbocycles. The summed E-state index contributed by atoms with van der Waals surface area (Å²) in [5.41, 5.74) is 0.825. The summed E-state index contributed by atoms with van der Waals surface area (Å²) in [4.78, 5) is 11.0. The first-order valence-corrected chi connectivity index (χ1v) is 7.84. The molecule has 0 N–H and O–H groups in total. The predicted molar refractivity (Wildman–Crippen MR) is 84.9 cm³/mol. The average Bonchev–Trinajstić information content (AvgIpc) is 3.00. The number of hydrogen-bond donors (Lipinski definition) is 0. The van der Waals surface area contributed by atoms with Gasteiger partial charge in [0.05, 0.1) is 20.3 Å². The van der Waals surface area contributed by atoms with Crippen LogP contribution in [0.5, 0.6) is 11.5 Å². The number of morpholine rings is 1. The van der Waals surface area contributed by atoms with Crippen LogP contribution in [0.2, 0.25) is 0 Å². The second kappa shape index (κ2) is 7.14. The third-order valence-corrected chi connectivity index (χ3v) is 3.89. The second-order valence-electron chi connectivity index (χ2n) is 5.80. The maximum Gasteiger partial charge on any atom is 0.257 e. The number of aromatic nitrogens is 3. The van der Waals surface area contributed by atoms with Gasteiger partial charge >= 0.3 is 0 Å². The van der Waals surface area contributed by atoms with E-state index < -0.39 is 0 Å². The molecular weight excluding hydrogens is 312 g/mol. The normalized spacial score (nSPS) is 21.7. The van der Waals surface area contributed by atoms with E-state index in [4.69, 9.17) is 18.7 Å². The molecular formula is C16H22N4O4. The van der Waals surface area contributed by atoms with E-state index in [9.17, 15) is 0 Å². The number of hydrogen-bond acceptors (Lipinski definition) is 8. The number of pyridine rings is 1. The Morgan fingerprint density at radius 3 is 2.79 bits per heavy atom. The van der Waals surface area contributed by atoms with Crippen molar-refractivity contribution < 1.29 is 18.7 Å². The van der Waals surface area contributed by atoms with Crippen LogP contribution < -0.4 is 9.47 Å². The molecule has 0 bridgehead atoms. The van der Waals surface area contributed by atoms with E-state index in [0.717, 1.165) is 12.2 Å². The molecule has 3 rings (SSSR count). The van der Waals surface area contributed by atoms with Crippen LogP contribution in [0.3, 0.4) is 0 Å². The van der Waals surface area contributed by atoms with E-state index in [2.05, 4.69) is 20.0 Å². The smallest absolute Gasteiger partial charge is 0.257 e. The largest absolute Gasteiger partial charge is 0.493 e. The molecule has 0 unspecified atom stereocenters. The van der Waals surface area contributed by atoms with Gasteiger partial charge in [-0.05, 0) is 13.8 Å². The fourth-order valence-electron chi connectivity index (χ4n) is 2.92. The van der Waals surface area contributed by atoms with Crippen LogP contribution in [-0.2, 0) is 11.3 Å². The molecule has 1 saturated heterocycles. The topological polar surface area (TPSA) is 82.7 Å². The lowest BCUT2D eigenvalue weighted by atomic mass is 10.2. The average molecular weight is 334 g/mol. The van der Waals surface area contributed by atoms with Crippen molar-refractivity contribution in [1.29, 1.82) is 0 Å². The molecule has 1 aliphatic heterocycles. The summed E-state index contributed by atoms with van der Waals surface area (Å²) in [5, 5.41) is 3.84. The molecule has 0 radical (unpaired) electrons. The van der Waals surface area contributed by atoms with Gasteiger partial charge in [0.1, 0.15) is 11.8 Å². The molecule has 24 heavy (non-hydrogen) atoms. The Hall–Kier alpha value is -2.19. The molecule has 3 heterocycles. The number of ether oxygens (including phenoxy) is 3. The Kier molecular flexibility index (Phi) is 4.96. The van der Waals surface area contributed by atoms with Gasteiger partial charge in [0.2, 0.25) is 0 Å². The molecule has 0 aromatic carbocycles. The Morgan fingerprint density at radius 2 is 2.12 bits per heavy atom. The Bertz CT molecular complexity index is 690. The van der Waals surface area contributed by atoms with Gasteiger partial charge in [0, 0.05) is 31.9 Å². The first-order chi connectivity index (χ1) is 11.6. The lowest BCUT2D eigenvalue weighted by molar-refractivity contribution is -0.0934. The number of methoxy groups -OCH3 is 2. The van der Waals surface area contributed by atoms with Gasteiger partial charge in [-0.15, -0.1) is 0 Å². The Balaban J connectivity index is 1.77. The van der Waals surface area contributed by atoms with Crippen molar-refractivity contribution >= 4 is 0 Å².